The number of fused-ring (bicyclic) bond motifs is 1. The highest BCUT2D eigenvalue weighted by atomic mass is 35.5. The smallest absolute Gasteiger partial charge is 0.261 e. The molecule has 0 atom stereocenters. The van der Waals surface area contributed by atoms with E-state index in [0.29, 0.717) is 11.6 Å². The van der Waals surface area contributed by atoms with Crippen LogP contribution < -0.4 is 10.0 Å². The zero-order chi connectivity index (χ0) is 15.0. The minimum atomic E-state index is -3.70. The Bertz CT molecular complexity index is 807. The van der Waals surface area contributed by atoms with Gasteiger partial charge in [0.25, 0.3) is 10.0 Å². The van der Waals surface area contributed by atoms with Crippen LogP contribution in [0.15, 0.2) is 41.3 Å². The Morgan fingerprint density at radius 2 is 1.81 bits per heavy atom. The number of benzene rings is 2. The van der Waals surface area contributed by atoms with E-state index >= 15 is 0 Å². The molecule has 1 heterocycles. The fourth-order valence-electron chi connectivity index (χ4n) is 2.22. The van der Waals surface area contributed by atoms with Gasteiger partial charge in [-0.1, -0.05) is 35.3 Å². The lowest BCUT2D eigenvalue weighted by Gasteiger charge is -2.11. The molecule has 0 amide bonds. The molecule has 0 radical (unpaired) electrons. The molecule has 0 unspecified atom stereocenters. The molecule has 1 aliphatic rings. The Hall–Kier alpha value is -1.27. The maximum atomic E-state index is 12.4. The fourth-order valence-corrected chi connectivity index (χ4v) is 3.75. The summed E-state index contributed by atoms with van der Waals surface area (Å²) >= 11 is 11.9. The van der Waals surface area contributed by atoms with Crippen LogP contribution in [0.4, 0.5) is 5.69 Å². The second-order valence-corrected chi connectivity index (χ2v) is 7.21. The third kappa shape index (κ3) is 2.87. The molecular formula is C14H12Cl2N2O2S. The SMILES string of the molecule is O=S(=O)(Nc1cccc(Cl)c1Cl)c1ccc2c(c1)CNC2. The van der Waals surface area contributed by atoms with E-state index in [0.717, 1.165) is 17.7 Å². The van der Waals surface area contributed by atoms with Gasteiger partial charge in [-0.3, -0.25) is 4.72 Å². The standard InChI is InChI=1S/C14H12Cl2N2O2S/c15-12-2-1-3-13(14(12)16)18-21(19,20)11-5-4-9-7-17-8-10(9)6-11/h1-6,17-18H,7-8H2. The van der Waals surface area contributed by atoms with E-state index in [1.54, 1.807) is 30.3 Å². The lowest BCUT2D eigenvalue weighted by Crippen LogP contribution is -2.13. The summed E-state index contributed by atoms with van der Waals surface area (Å²) in [4.78, 5) is 0.209. The molecule has 7 heteroatoms. The summed E-state index contributed by atoms with van der Waals surface area (Å²) < 4.78 is 27.3. The Labute approximate surface area is 133 Å². The van der Waals surface area contributed by atoms with Gasteiger partial charge < -0.3 is 5.32 Å². The van der Waals surface area contributed by atoms with Crippen LogP contribution >= 0.6 is 23.2 Å². The molecule has 2 aromatic rings. The molecule has 4 nitrogen and oxygen atoms in total. The highest BCUT2D eigenvalue weighted by molar-refractivity contribution is 7.92. The lowest BCUT2D eigenvalue weighted by atomic mass is 10.1. The van der Waals surface area contributed by atoms with Crippen LogP contribution in [0.3, 0.4) is 0 Å². The predicted octanol–water partition coefficient (Wildman–Crippen LogP) is 3.40. The van der Waals surface area contributed by atoms with Gasteiger partial charge in [0.05, 0.1) is 20.6 Å². The average Bonchev–Trinajstić information content (AvgIpc) is 2.91. The van der Waals surface area contributed by atoms with Crippen LogP contribution in [0.1, 0.15) is 11.1 Å². The Morgan fingerprint density at radius 3 is 2.62 bits per heavy atom. The molecule has 1 aliphatic heterocycles. The molecule has 2 N–H and O–H groups in total. The lowest BCUT2D eigenvalue weighted by molar-refractivity contribution is 0.601. The van der Waals surface area contributed by atoms with Crippen molar-refractivity contribution < 1.29 is 8.42 Å². The van der Waals surface area contributed by atoms with E-state index in [4.69, 9.17) is 23.2 Å². The van der Waals surface area contributed by atoms with Crippen molar-refractivity contribution in [2.75, 3.05) is 4.72 Å². The number of hydrogen-bond donors (Lipinski definition) is 2. The van der Waals surface area contributed by atoms with Crippen molar-refractivity contribution in [3.63, 3.8) is 0 Å². The van der Waals surface area contributed by atoms with Crippen molar-refractivity contribution in [2.45, 2.75) is 18.0 Å². The molecular weight excluding hydrogens is 331 g/mol. The molecule has 0 spiro atoms. The van der Waals surface area contributed by atoms with Gasteiger partial charge >= 0.3 is 0 Å². The number of anilines is 1. The van der Waals surface area contributed by atoms with Crippen LogP contribution in [0.2, 0.25) is 10.0 Å². The monoisotopic (exact) mass is 342 g/mol. The maximum absolute atomic E-state index is 12.4. The topological polar surface area (TPSA) is 58.2 Å². The van der Waals surface area contributed by atoms with Gasteiger partial charge in [0.15, 0.2) is 0 Å². The first-order valence-electron chi connectivity index (χ1n) is 6.27. The first-order chi connectivity index (χ1) is 9.97. The van der Waals surface area contributed by atoms with Crippen molar-refractivity contribution >= 4 is 38.9 Å². The van der Waals surface area contributed by atoms with E-state index in [1.165, 1.54) is 0 Å². The predicted molar refractivity (Wildman–Crippen MR) is 84.3 cm³/mol. The highest BCUT2D eigenvalue weighted by Crippen LogP contribution is 2.31. The van der Waals surface area contributed by atoms with Crippen molar-refractivity contribution in [2.24, 2.45) is 0 Å². The first kappa shape index (κ1) is 14.7. The summed E-state index contributed by atoms with van der Waals surface area (Å²) in [5.74, 6) is 0. The van der Waals surface area contributed by atoms with Crippen molar-refractivity contribution in [3.8, 4) is 0 Å². The highest BCUT2D eigenvalue weighted by Gasteiger charge is 2.19. The molecule has 0 aliphatic carbocycles. The van der Waals surface area contributed by atoms with Crippen LogP contribution in [0.25, 0.3) is 0 Å². The molecule has 0 aromatic heterocycles. The Kier molecular flexibility index (Phi) is 3.84. The van der Waals surface area contributed by atoms with Gasteiger partial charge in [-0.15, -0.1) is 0 Å². The molecule has 0 fully saturated rings. The summed E-state index contributed by atoms with van der Waals surface area (Å²) in [6.07, 6.45) is 0. The minimum absolute atomic E-state index is 0.186. The van der Waals surface area contributed by atoms with Crippen molar-refractivity contribution in [3.05, 3.63) is 57.6 Å². The molecule has 21 heavy (non-hydrogen) atoms. The number of rotatable bonds is 3. The van der Waals surface area contributed by atoms with E-state index in [9.17, 15) is 8.42 Å². The largest absolute Gasteiger partial charge is 0.309 e. The summed E-state index contributed by atoms with van der Waals surface area (Å²) in [6.45, 7) is 1.44. The fraction of sp³-hybridized carbons (Fsp3) is 0.143. The zero-order valence-corrected chi connectivity index (χ0v) is 13.2. The molecule has 0 bridgehead atoms. The minimum Gasteiger partial charge on any atom is -0.309 e. The number of halogens is 2. The van der Waals surface area contributed by atoms with Gasteiger partial charge in [-0.05, 0) is 35.4 Å². The molecule has 3 rings (SSSR count). The van der Waals surface area contributed by atoms with Crippen LogP contribution in [0.5, 0.6) is 0 Å². The maximum Gasteiger partial charge on any atom is 0.261 e. The van der Waals surface area contributed by atoms with Crippen LogP contribution in [0, 0.1) is 0 Å². The summed E-state index contributed by atoms with van der Waals surface area (Å²) in [6, 6.07) is 9.90. The normalized spacial score (nSPS) is 14.0. The van der Waals surface area contributed by atoms with Crippen molar-refractivity contribution in [1.82, 2.24) is 5.32 Å². The average molecular weight is 343 g/mol. The summed E-state index contributed by atoms with van der Waals surface area (Å²) in [7, 11) is -3.70. The third-order valence-electron chi connectivity index (χ3n) is 3.31. The Balaban J connectivity index is 1.96. The molecule has 110 valence electrons. The van der Waals surface area contributed by atoms with E-state index in [2.05, 4.69) is 10.0 Å². The number of hydrogen-bond acceptors (Lipinski definition) is 3. The van der Waals surface area contributed by atoms with Gasteiger partial charge in [0.1, 0.15) is 0 Å². The van der Waals surface area contributed by atoms with Gasteiger partial charge in [0, 0.05) is 13.1 Å². The van der Waals surface area contributed by atoms with Crippen molar-refractivity contribution in [1.29, 1.82) is 0 Å². The van der Waals surface area contributed by atoms with Gasteiger partial charge in [-0.25, -0.2) is 8.42 Å². The van der Waals surface area contributed by atoms with Crippen LogP contribution in [-0.2, 0) is 23.1 Å². The molecule has 0 saturated carbocycles. The summed E-state index contributed by atoms with van der Waals surface area (Å²) in [5, 5.41) is 3.67. The van der Waals surface area contributed by atoms with E-state index < -0.39 is 10.0 Å². The first-order valence-corrected chi connectivity index (χ1v) is 8.50. The van der Waals surface area contributed by atoms with E-state index in [1.807, 2.05) is 6.07 Å². The molecule has 2 aromatic carbocycles. The zero-order valence-electron chi connectivity index (χ0n) is 10.9. The number of sulfonamides is 1. The molecule has 0 saturated heterocycles. The Morgan fingerprint density at radius 1 is 1.05 bits per heavy atom. The third-order valence-corrected chi connectivity index (χ3v) is 5.50. The number of nitrogens with one attached hydrogen (secondary N) is 2. The van der Waals surface area contributed by atoms with Gasteiger partial charge in [-0.2, -0.15) is 0 Å². The van der Waals surface area contributed by atoms with Gasteiger partial charge in [0.2, 0.25) is 0 Å². The van der Waals surface area contributed by atoms with Crippen LogP contribution in [-0.4, -0.2) is 8.42 Å². The summed E-state index contributed by atoms with van der Waals surface area (Å²) in [5.41, 5.74) is 2.38. The quantitative estimate of drug-likeness (QED) is 0.898. The second kappa shape index (κ2) is 5.50. The second-order valence-electron chi connectivity index (χ2n) is 4.74. The van der Waals surface area contributed by atoms with E-state index in [-0.39, 0.29) is 15.6 Å².